The summed E-state index contributed by atoms with van der Waals surface area (Å²) < 4.78 is 88.6. The molecule has 0 aromatic carbocycles. The van der Waals surface area contributed by atoms with Gasteiger partial charge in [-0.25, -0.2) is 0 Å². The summed E-state index contributed by atoms with van der Waals surface area (Å²) in [7, 11) is 0. The SMILES string of the molecule is CC(=O)N[C@@H]1[C@@H](O)[C@H](O[C@@H]2O[C@H](CO)[C@@H](O[C@@H]3O[C@H](CO[C@H]4O[C@H](CO)[C@@H](O)[C@H](O)[C@@H]4O[C@@H]4O[C@H](CO)[C@@H](O)[C@H](O)[C@H]4NC(C)=O)[C@@H](O)[C@H](O[C@H]4O[C@H](CO)[C@@H](O)[C@H](O)[C@@H]4O[C@@H]4O[C@H](CO)[C@@H](O[C@@H]5O[C@H](CO)[C@H](O)[C@H](O)[C@H]5O)[C@H](O)[C@H]4NC(C)=O)[C@@H]3O)[C@H](O)[C@H]2NC(C)=O)[C@@H](CO)O[C@@H]1O. The second-order valence-corrected chi connectivity index (χ2v) is 25.4. The van der Waals surface area contributed by atoms with Gasteiger partial charge in [-0.2, -0.15) is 0 Å². The molecule has 26 N–H and O–H groups in total. The van der Waals surface area contributed by atoms with E-state index in [4.69, 9.17) is 71.1 Å². The summed E-state index contributed by atoms with van der Waals surface area (Å²) in [5.74, 6) is -3.45. The zero-order valence-corrected chi connectivity index (χ0v) is 54.3. The molecule has 0 unspecified atom stereocenters. The van der Waals surface area contributed by atoms with E-state index in [1.165, 1.54) is 0 Å². The van der Waals surface area contributed by atoms with Gasteiger partial charge in [-0.1, -0.05) is 0 Å². The first-order valence-corrected chi connectivity index (χ1v) is 32.1. The molecule has 0 saturated carbocycles. The fourth-order valence-electron chi connectivity index (χ4n) is 13.0. The van der Waals surface area contributed by atoms with Gasteiger partial charge in [-0.3, -0.25) is 19.2 Å². The molecule has 8 fully saturated rings. The highest BCUT2D eigenvalue weighted by Gasteiger charge is 2.60. The van der Waals surface area contributed by atoms with Crippen LogP contribution in [0.1, 0.15) is 27.7 Å². The number of aliphatic hydroxyl groups is 22. The second-order valence-electron chi connectivity index (χ2n) is 25.4. The van der Waals surface area contributed by atoms with Crippen LogP contribution in [0.2, 0.25) is 0 Å². The fourth-order valence-corrected chi connectivity index (χ4v) is 13.0. The van der Waals surface area contributed by atoms with Crippen LogP contribution in [0, 0.1) is 0 Å². The van der Waals surface area contributed by atoms with Crippen molar-refractivity contribution < 1.29 is 203 Å². The molecule has 45 heteroatoms. The highest BCUT2D eigenvalue weighted by molar-refractivity contribution is 5.74. The topological polar surface area (TPSA) is 700 Å². The molecule has 0 aliphatic carbocycles. The monoisotopic (exact) mass is 1480 g/mol. The first-order chi connectivity index (χ1) is 47.8. The molecule has 8 aliphatic rings. The number of hydrogen-bond acceptors (Lipinski definition) is 41. The normalized spacial score (nSPS) is 48.3. The number of hydrogen-bond donors (Lipinski definition) is 26. The molecule has 8 saturated heterocycles. The molecule has 101 heavy (non-hydrogen) atoms. The average Bonchev–Trinajstić information content (AvgIpc) is 0.777. The molecule has 0 aromatic rings. The van der Waals surface area contributed by atoms with Crippen LogP contribution in [0.5, 0.6) is 0 Å². The Balaban J connectivity index is 1.14. The van der Waals surface area contributed by atoms with Crippen molar-refractivity contribution in [2.24, 2.45) is 0 Å². The molecule has 8 heterocycles. The van der Waals surface area contributed by atoms with Crippen molar-refractivity contribution in [2.45, 2.75) is 273 Å². The fraction of sp³-hybridized carbons (Fsp3) is 0.929. The quantitative estimate of drug-likeness (QED) is 0.0382. The minimum atomic E-state index is -2.52. The standard InChI is InChI=1S/C56H94N4O41/c1-13(68)57-25-35(78)43(21(9-65)88-49(25)86)96-51-27(59-15(3)70)36(79)45(23(11-67)93-51)98-54-42(85)46(33(76)24(95-54)12-87-55-47(39(82)31(74)19(7-63)91-55)100-50-26(58-14(2)69)34(77)29(72)17(5-61)89-50)99-56-48(40(83)32(75)20(8-64)92-56)101-52-28(60-16(4)71)37(80)44(22(10-66)94-52)97-53-41(84)38(81)30(73)18(6-62)90-53/h17-56,61-67,72-86H,5-12H2,1-4H3,(H,57,68)(H,58,69)(H,59,70)(H,60,71)/t17-,18-,19-,20-,21-,22-,23-,24-,25-,26-,27-,28-,29-,30+,31-,32-,33-,34-,35-,36-,37-,38+,39+,40+,41-,42+,43-,44-,45-,46+,47+,48+,49+,50+,51+,52+,53+,54+,55+,56-/m1/s1. The number of carbonyl (C=O) groups excluding carboxylic acids is 4. The lowest BCUT2D eigenvalue weighted by Crippen LogP contribution is -2.71. The lowest BCUT2D eigenvalue weighted by Gasteiger charge is -2.51. The third-order valence-corrected chi connectivity index (χ3v) is 18.3. The molecule has 0 spiro atoms. The Morgan fingerprint density at radius 1 is 0.257 bits per heavy atom. The summed E-state index contributed by atoms with van der Waals surface area (Å²) >= 11 is 0. The highest BCUT2D eigenvalue weighted by atomic mass is 16.8. The van der Waals surface area contributed by atoms with Crippen LogP contribution >= 0.6 is 0 Å². The van der Waals surface area contributed by atoms with Crippen LogP contribution in [-0.2, 0) is 90.2 Å². The summed E-state index contributed by atoms with van der Waals surface area (Å²) in [5, 5.41) is 252. The number of carbonyl (C=O) groups is 4. The lowest BCUT2D eigenvalue weighted by molar-refractivity contribution is -0.398. The van der Waals surface area contributed by atoms with E-state index in [-0.39, 0.29) is 0 Å². The minimum absolute atomic E-state index is 0.770. The van der Waals surface area contributed by atoms with Crippen LogP contribution in [0.3, 0.4) is 0 Å². The van der Waals surface area contributed by atoms with Gasteiger partial charge < -0.3 is 205 Å². The van der Waals surface area contributed by atoms with Gasteiger partial charge in [0.1, 0.15) is 195 Å². The van der Waals surface area contributed by atoms with Gasteiger partial charge in [0.25, 0.3) is 0 Å². The van der Waals surface area contributed by atoms with E-state index in [1.807, 2.05) is 0 Å². The van der Waals surface area contributed by atoms with E-state index in [0.29, 0.717) is 0 Å². The molecule has 0 radical (unpaired) electrons. The molecule has 40 atom stereocenters. The van der Waals surface area contributed by atoms with Crippen LogP contribution in [0.25, 0.3) is 0 Å². The number of ether oxygens (including phenoxy) is 15. The molecule has 0 bridgehead atoms. The maximum atomic E-state index is 12.9. The number of rotatable bonds is 26. The van der Waals surface area contributed by atoms with Gasteiger partial charge in [0.05, 0.1) is 52.9 Å². The summed E-state index contributed by atoms with van der Waals surface area (Å²) in [6.07, 6.45) is -73.5. The minimum Gasteiger partial charge on any atom is -0.394 e. The maximum absolute atomic E-state index is 12.9. The van der Waals surface area contributed by atoms with Gasteiger partial charge in [-0.15, -0.1) is 0 Å². The summed E-state index contributed by atoms with van der Waals surface area (Å²) in [4.78, 5) is 50.2. The number of nitrogens with one attached hydrogen (secondary N) is 4. The van der Waals surface area contributed by atoms with E-state index in [9.17, 15) is 132 Å². The lowest BCUT2D eigenvalue weighted by atomic mass is 9.93. The van der Waals surface area contributed by atoms with Crippen molar-refractivity contribution in [1.82, 2.24) is 21.3 Å². The smallest absolute Gasteiger partial charge is 0.217 e. The van der Waals surface area contributed by atoms with E-state index < -0.39 is 322 Å². The van der Waals surface area contributed by atoms with E-state index in [0.717, 1.165) is 27.7 Å². The highest BCUT2D eigenvalue weighted by Crippen LogP contribution is 2.39. The van der Waals surface area contributed by atoms with Crippen molar-refractivity contribution in [3.63, 3.8) is 0 Å². The van der Waals surface area contributed by atoms with E-state index in [1.54, 1.807) is 0 Å². The van der Waals surface area contributed by atoms with Crippen molar-refractivity contribution >= 4 is 23.6 Å². The van der Waals surface area contributed by atoms with Gasteiger partial charge >= 0.3 is 0 Å². The third-order valence-electron chi connectivity index (χ3n) is 18.3. The molecule has 8 rings (SSSR count). The molecule has 0 aromatic heterocycles. The van der Waals surface area contributed by atoms with Crippen molar-refractivity contribution in [3.05, 3.63) is 0 Å². The molecule has 8 aliphatic heterocycles. The van der Waals surface area contributed by atoms with Crippen molar-refractivity contribution in [2.75, 3.05) is 52.9 Å². The molecular formula is C56H94N4O41. The Kier molecular flexibility index (Phi) is 29.9. The Bertz CT molecular complexity index is 2640. The maximum Gasteiger partial charge on any atom is 0.217 e. The number of amides is 4. The van der Waals surface area contributed by atoms with E-state index in [2.05, 4.69) is 21.3 Å². The van der Waals surface area contributed by atoms with Gasteiger partial charge in [0.15, 0.2) is 50.3 Å². The predicted octanol–water partition coefficient (Wildman–Crippen LogP) is -17.9. The van der Waals surface area contributed by atoms with Gasteiger partial charge in [0, 0.05) is 27.7 Å². The van der Waals surface area contributed by atoms with Crippen molar-refractivity contribution in [3.8, 4) is 0 Å². The van der Waals surface area contributed by atoms with Gasteiger partial charge in [-0.05, 0) is 0 Å². The third kappa shape index (κ3) is 18.5. The Morgan fingerprint density at radius 2 is 0.545 bits per heavy atom. The Morgan fingerprint density at radius 3 is 0.970 bits per heavy atom. The summed E-state index contributed by atoms with van der Waals surface area (Å²) in [6, 6.07) is -7.14. The van der Waals surface area contributed by atoms with Crippen molar-refractivity contribution in [1.29, 1.82) is 0 Å². The predicted molar refractivity (Wildman–Crippen MR) is 311 cm³/mol. The van der Waals surface area contributed by atoms with Crippen LogP contribution < -0.4 is 21.3 Å². The summed E-state index contributed by atoms with van der Waals surface area (Å²) in [5.41, 5.74) is 0. The Labute approximate surface area is 572 Å². The zero-order valence-electron chi connectivity index (χ0n) is 54.3. The first-order valence-electron chi connectivity index (χ1n) is 32.1. The molecule has 4 amide bonds. The zero-order chi connectivity index (χ0) is 74.5. The Hall–Kier alpha value is -3.60. The second kappa shape index (κ2) is 36.3. The number of aliphatic hydroxyl groups excluding tert-OH is 22. The summed E-state index contributed by atoms with van der Waals surface area (Å²) in [6.45, 7) is -4.55. The first kappa shape index (κ1) is 83.0. The van der Waals surface area contributed by atoms with Gasteiger partial charge in [0.2, 0.25) is 23.6 Å². The largest absolute Gasteiger partial charge is 0.394 e. The van der Waals surface area contributed by atoms with Crippen LogP contribution in [0.15, 0.2) is 0 Å². The van der Waals surface area contributed by atoms with Crippen LogP contribution in [-0.4, -0.2) is 434 Å². The average molecular weight is 1480 g/mol. The molecule has 584 valence electrons. The van der Waals surface area contributed by atoms with E-state index >= 15 is 0 Å². The molecular weight excluding hydrogens is 1380 g/mol. The molecule has 45 nitrogen and oxygen atoms in total. The van der Waals surface area contributed by atoms with Crippen LogP contribution in [0.4, 0.5) is 0 Å².